The van der Waals surface area contributed by atoms with E-state index in [0.717, 1.165) is 25.0 Å². The molecule has 0 spiro atoms. The predicted octanol–water partition coefficient (Wildman–Crippen LogP) is 5.03. The van der Waals surface area contributed by atoms with Gasteiger partial charge in [-0.3, -0.25) is 4.79 Å². The van der Waals surface area contributed by atoms with Gasteiger partial charge in [0.2, 0.25) is 0 Å². The number of Topliss-reactive ketones (excluding diaryl/α,β-unsaturated/α-hetero) is 1. The lowest BCUT2D eigenvalue weighted by Gasteiger charge is -2.62. The first-order chi connectivity index (χ1) is 13.1. The van der Waals surface area contributed by atoms with Crippen molar-refractivity contribution >= 4 is 5.78 Å². The molecule has 4 aliphatic carbocycles. The minimum Gasteiger partial charge on any atom is -0.515 e. The second-order valence-corrected chi connectivity index (χ2v) is 11.5. The van der Waals surface area contributed by atoms with Crippen LogP contribution < -0.4 is 0 Å². The Hall–Kier alpha value is -0.870. The number of hydrogen-bond acceptors (Lipinski definition) is 4. The minimum atomic E-state index is -0.558. The van der Waals surface area contributed by atoms with Gasteiger partial charge in [-0.2, -0.15) is 0 Å². The standard InChI is InChI=1S/C24H36O4/c1-13-6-8-23(4)15-7-9-24(5)16(11-14(12-25)21(24)26)18(15)20-19(17(23)10-13)27-22(2,3)28-20/h12-13,15-20,25H,6-11H2,1-5H3/b14-12-/t13-,15-,16-,17+,18?,19+,20+,23+,24-/m0/s1. The maximum absolute atomic E-state index is 13.1. The lowest BCUT2D eigenvalue weighted by atomic mass is 9.43. The van der Waals surface area contributed by atoms with Gasteiger partial charge in [-0.05, 0) is 81.0 Å². The van der Waals surface area contributed by atoms with E-state index in [1.165, 1.54) is 19.3 Å². The van der Waals surface area contributed by atoms with E-state index in [0.29, 0.717) is 29.7 Å². The van der Waals surface area contributed by atoms with E-state index >= 15 is 0 Å². The van der Waals surface area contributed by atoms with Crippen LogP contribution in [-0.2, 0) is 14.3 Å². The number of hydrogen-bond donors (Lipinski definition) is 1. The van der Waals surface area contributed by atoms with E-state index < -0.39 is 5.79 Å². The van der Waals surface area contributed by atoms with E-state index in [9.17, 15) is 9.90 Å². The monoisotopic (exact) mass is 388 g/mol. The fourth-order valence-electron chi connectivity index (χ4n) is 8.18. The first-order valence-electron chi connectivity index (χ1n) is 11.3. The Balaban J connectivity index is 1.61. The van der Waals surface area contributed by atoms with Crippen LogP contribution in [0.4, 0.5) is 0 Å². The summed E-state index contributed by atoms with van der Waals surface area (Å²) in [6, 6.07) is 0. The zero-order valence-electron chi connectivity index (χ0n) is 18.0. The molecule has 4 heteroatoms. The van der Waals surface area contributed by atoms with E-state index in [1.807, 2.05) is 13.8 Å². The van der Waals surface area contributed by atoms with Crippen molar-refractivity contribution in [2.75, 3.05) is 0 Å². The summed E-state index contributed by atoms with van der Waals surface area (Å²) < 4.78 is 13.2. The van der Waals surface area contributed by atoms with E-state index in [1.54, 1.807) is 0 Å². The maximum Gasteiger partial charge on any atom is 0.168 e. The topological polar surface area (TPSA) is 55.8 Å². The number of aliphatic hydroxyl groups excluding tert-OH is 1. The zero-order chi connectivity index (χ0) is 20.1. The van der Waals surface area contributed by atoms with Crippen LogP contribution in [0.5, 0.6) is 0 Å². The number of ketones is 1. The summed E-state index contributed by atoms with van der Waals surface area (Å²) in [7, 11) is 0. The van der Waals surface area contributed by atoms with Gasteiger partial charge >= 0.3 is 0 Å². The summed E-state index contributed by atoms with van der Waals surface area (Å²) in [4.78, 5) is 13.1. The van der Waals surface area contributed by atoms with E-state index in [2.05, 4.69) is 20.8 Å². The highest BCUT2D eigenvalue weighted by atomic mass is 16.8. The smallest absolute Gasteiger partial charge is 0.168 e. The lowest BCUT2D eigenvalue weighted by Crippen LogP contribution is -2.63. The summed E-state index contributed by atoms with van der Waals surface area (Å²) >= 11 is 0. The normalized spacial score (nSPS) is 56.1. The van der Waals surface area contributed by atoms with Gasteiger partial charge in [0.25, 0.3) is 0 Å². The molecule has 28 heavy (non-hydrogen) atoms. The average molecular weight is 389 g/mol. The first kappa shape index (κ1) is 19.1. The molecule has 4 saturated carbocycles. The number of carbonyl (C=O) groups is 1. The van der Waals surface area contributed by atoms with E-state index in [4.69, 9.17) is 9.47 Å². The molecule has 0 radical (unpaired) electrons. The van der Waals surface area contributed by atoms with Crippen molar-refractivity contribution < 1.29 is 19.4 Å². The quantitative estimate of drug-likeness (QED) is 0.467. The average Bonchev–Trinajstić information content (AvgIpc) is 3.09. The zero-order valence-corrected chi connectivity index (χ0v) is 18.0. The number of allylic oxidation sites excluding steroid dienone is 1. The number of aliphatic hydroxyl groups is 1. The molecule has 156 valence electrons. The largest absolute Gasteiger partial charge is 0.515 e. The number of fused-ring (bicyclic) bond motifs is 8. The molecule has 5 fully saturated rings. The number of ether oxygens (including phenoxy) is 2. The van der Waals surface area contributed by atoms with Gasteiger partial charge in [-0.1, -0.05) is 27.2 Å². The van der Waals surface area contributed by atoms with Crippen molar-refractivity contribution in [1.29, 1.82) is 0 Å². The van der Waals surface area contributed by atoms with Gasteiger partial charge in [0.1, 0.15) is 0 Å². The molecule has 0 aromatic heterocycles. The molecule has 4 nitrogen and oxygen atoms in total. The first-order valence-corrected chi connectivity index (χ1v) is 11.3. The van der Waals surface area contributed by atoms with Crippen LogP contribution in [0.1, 0.15) is 73.1 Å². The second-order valence-electron chi connectivity index (χ2n) is 11.5. The van der Waals surface area contributed by atoms with Gasteiger partial charge in [0.05, 0.1) is 18.5 Å². The molecule has 9 atom stereocenters. The minimum absolute atomic E-state index is 0.0684. The van der Waals surface area contributed by atoms with E-state index in [-0.39, 0.29) is 34.7 Å². The molecule has 1 N–H and O–H groups in total. The van der Waals surface area contributed by atoms with Gasteiger partial charge < -0.3 is 14.6 Å². The lowest BCUT2D eigenvalue weighted by molar-refractivity contribution is -0.181. The van der Waals surface area contributed by atoms with Crippen LogP contribution in [0.25, 0.3) is 0 Å². The van der Waals surface area contributed by atoms with Crippen molar-refractivity contribution in [3.05, 3.63) is 11.8 Å². The molecule has 1 saturated heterocycles. The molecular formula is C24H36O4. The van der Waals surface area contributed by atoms with Crippen LogP contribution in [0.15, 0.2) is 11.8 Å². The summed E-state index contributed by atoms with van der Waals surface area (Å²) in [5, 5.41) is 9.69. The Kier molecular flexibility index (Phi) is 3.99. The molecule has 0 aromatic rings. The number of rotatable bonds is 0. The van der Waals surface area contributed by atoms with Crippen molar-refractivity contribution in [2.24, 2.45) is 40.4 Å². The van der Waals surface area contributed by atoms with Crippen LogP contribution >= 0.6 is 0 Å². The Morgan fingerprint density at radius 2 is 1.71 bits per heavy atom. The molecule has 5 rings (SSSR count). The fraction of sp³-hybridized carbons (Fsp3) is 0.875. The highest BCUT2D eigenvalue weighted by Crippen LogP contribution is 2.68. The third-order valence-corrected chi connectivity index (χ3v) is 9.59. The Bertz CT molecular complexity index is 726. The Labute approximate surface area is 169 Å². The fourth-order valence-corrected chi connectivity index (χ4v) is 8.18. The SMILES string of the molecule is C[C@H]1CC[C@@]2(C)[C@H](C1)[C@H]1OC(C)(C)O[C@@H]1C1[C@@H]2CC[C@]2(C)C(=O)/C(=C\O)C[C@@H]12. The van der Waals surface area contributed by atoms with Crippen LogP contribution in [0.2, 0.25) is 0 Å². The summed E-state index contributed by atoms with van der Waals surface area (Å²) in [6.45, 7) is 11.1. The highest BCUT2D eigenvalue weighted by Gasteiger charge is 2.69. The van der Waals surface area contributed by atoms with Crippen molar-refractivity contribution in [2.45, 2.75) is 91.1 Å². The molecule has 0 bridgehead atoms. The van der Waals surface area contributed by atoms with Crippen molar-refractivity contribution in [3.63, 3.8) is 0 Å². The molecule has 1 heterocycles. The second kappa shape index (κ2) is 5.85. The predicted molar refractivity (Wildman–Crippen MR) is 107 cm³/mol. The Morgan fingerprint density at radius 3 is 2.43 bits per heavy atom. The molecule has 1 unspecified atom stereocenters. The van der Waals surface area contributed by atoms with Crippen LogP contribution in [0.3, 0.4) is 0 Å². The highest BCUT2D eigenvalue weighted by molar-refractivity contribution is 6.02. The molecule has 5 aliphatic rings. The molecule has 0 amide bonds. The summed E-state index contributed by atoms with van der Waals surface area (Å²) in [5.74, 6) is 2.05. The molecular weight excluding hydrogens is 352 g/mol. The molecule has 0 aromatic carbocycles. The molecule has 1 aliphatic heterocycles. The number of carbonyl (C=O) groups excluding carboxylic acids is 1. The Morgan fingerprint density at radius 1 is 1.00 bits per heavy atom. The summed E-state index contributed by atoms with van der Waals surface area (Å²) in [5.41, 5.74) is 0.520. The van der Waals surface area contributed by atoms with Crippen molar-refractivity contribution in [1.82, 2.24) is 0 Å². The van der Waals surface area contributed by atoms with Crippen LogP contribution in [0, 0.1) is 40.4 Å². The van der Waals surface area contributed by atoms with Gasteiger partial charge in [0, 0.05) is 11.0 Å². The van der Waals surface area contributed by atoms with Gasteiger partial charge in [-0.15, -0.1) is 0 Å². The third-order valence-electron chi connectivity index (χ3n) is 9.59. The van der Waals surface area contributed by atoms with Gasteiger partial charge in [0.15, 0.2) is 11.6 Å². The van der Waals surface area contributed by atoms with Crippen molar-refractivity contribution in [3.8, 4) is 0 Å². The summed E-state index contributed by atoms with van der Waals surface area (Å²) in [6.07, 6.45) is 7.77. The maximum atomic E-state index is 13.1. The third kappa shape index (κ3) is 2.34. The van der Waals surface area contributed by atoms with Gasteiger partial charge in [-0.25, -0.2) is 0 Å². The van der Waals surface area contributed by atoms with Crippen LogP contribution in [-0.4, -0.2) is 28.9 Å².